The molecule has 1 aromatic carbocycles. The third-order valence-electron chi connectivity index (χ3n) is 5.68. The van der Waals surface area contributed by atoms with Gasteiger partial charge in [-0.3, -0.25) is 19.3 Å². The average molecular weight is 324 g/mol. The Hall–Kier alpha value is -2.43. The van der Waals surface area contributed by atoms with Gasteiger partial charge in [0, 0.05) is 0 Å². The molecule has 0 aromatic heterocycles. The third kappa shape index (κ3) is 2.19. The summed E-state index contributed by atoms with van der Waals surface area (Å²) in [6.45, 7) is 0. The van der Waals surface area contributed by atoms with Gasteiger partial charge < -0.3 is 5.73 Å². The van der Waals surface area contributed by atoms with Crippen molar-refractivity contribution < 1.29 is 14.4 Å². The van der Waals surface area contributed by atoms with Crippen molar-refractivity contribution in [1.82, 2.24) is 4.90 Å². The Morgan fingerprint density at radius 2 is 1.58 bits per heavy atom. The molecule has 1 saturated carbocycles. The van der Waals surface area contributed by atoms with Crippen molar-refractivity contribution in [1.29, 1.82) is 0 Å². The number of carbonyl (C=O) groups excluding carboxylic acids is 3. The number of primary amides is 1. The van der Waals surface area contributed by atoms with Crippen LogP contribution in [0.15, 0.2) is 42.5 Å². The molecule has 5 nitrogen and oxygen atoms in total. The Kier molecular flexibility index (Phi) is 3.52. The summed E-state index contributed by atoms with van der Waals surface area (Å²) in [5.74, 6) is -1.03. The number of amides is 3. The lowest BCUT2D eigenvalue weighted by Crippen LogP contribution is -2.38. The van der Waals surface area contributed by atoms with Gasteiger partial charge in [-0.2, -0.15) is 0 Å². The van der Waals surface area contributed by atoms with Gasteiger partial charge in [-0.1, -0.05) is 42.5 Å². The molecule has 5 atom stereocenters. The second-order valence-electron chi connectivity index (χ2n) is 6.98. The lowest BCUT2D eigenvalue weighted by atomic mass is 9.63. The number of carbonyl (C=O) groups is 3. The molecule has 3 aliphatic carbocycles. The van der Waals surface area contributed by atoms with Crippen molar-refractivity contribution in [2.45, 2.75) is 25.3 Å². The van der Waals surface area contributed by atoms with Gasteiger partial charge in [0.2, 0.25) is 17.7 Å². The topological polar surface area (TPSA) is 80.5 Å². The largest absolute Gasteiger partial charge is 0.370 e. The van der Waals surface area contributed by atoms with E-state index in [1.165, 1.54) is 4.90 Å². The molecular weight excluding hydrogens is 304 g/mol. The van der Waals surface area contributed by atoms with E-state index in [9.17, 15) is 14.4 Å². The van der Waals surface area contributed by atoms with Crippen LogP contribution in [-0.4, -0.2) is 22.6 Å². The molecule has 5 heteroatoms. The summed E-state index contributed by atoms with van der Waals surface area (Å²) in [4.78, 5) is 39.0. The van der Waals surface area contributed by atoms with Crippen LogP contribution in [0.4, 0.5) is 0 Å². The van der Waals surface area contributed by atoms with Crippen LogP contribution in [0, 0.1) is 23.7 Å². The molecule has 4 aliphatic rings. The van der Waals surface area contributed by atoms with Crippen LogP contribution >= 0.6 is 0 Å². The van der Waals surface area contributed by atoms with Crippen LogP contribution in [0.1, 0.15) is 30.9 Å². The normalized spacial score (nSPS) is 32.1. The number of fused-ring (bicyclic) bond motifs is 1. The predicted molar refractivity (Wildman–Crippen MR) is 87.2 cm³/mol. The molecule has 5 rings (SSSR count). The molecule has 1 aromatic rings. The first-order chi connectivity index (χ1) is 11.6. The van der Waals surface area contributed by atoms with E-state index in [4.69, 9.17) is 5.73 Å². The minimum absolute atomic E-state index is 0.0380. The summed E-state index contributed by atoms with van der Waals surface area (Å²) in [7, 11) is 0. The van der Waals surface area contributed by atoms with Gasteiger partial charge in [0.1, 0.15) is 0 Å². The van der Waals surface area contributed by atoms with Crippen molar-refractivity contribution in [2.24, 2.45) is 29.4 Å². The van der Waals surface area contributed by atoms with Gasteiger partial charge in [-0.05, 0) is 30.2 Å². The van der Waals surface area contributed by atoms with Crippen molar-refractivity contribution in [3.8, 4) is 0 Å². The summed E-state index contributed by atoms with van der Waals surface area (Å²) in [6.07, 6.45) is 6.07. The number of nitrogens with zero attached hydrogens (tertiary/aromatic N) is 1. The second kappa shape index (κ2) is 5.58. The zero-order chi connectivity index (χ0) is 16.8. The first-order valence-corrected chi connectivity index (χ1v) is 8.46. The van der Waals surface area contributed by atoms with Crippen LogP contribution < -0.4 is 5.73 Å². The molecule has 0 unspecified atom stereocenters. The highest BCUT2D eigenvalue weighted by molar-refractivity contribution is 6.06. The van der Waals surface area contributed by atoms with Crippen LogP contribution in [-0.2, 0) is 14.4 Å². The van der Waals surface area contributed by atoms with E-state index in [-0.39, 0.29) is 41.9 Å². The molecule has 2 fully saturated rings. The van der Waals surface area contributed by atoms with E-state index in [0.29, 0.717) is 0 Å². The minimum atomic E-state index is -0.603. The Labute approximate surface area is 140 Å². The zero-order valence-electron chi connectivity index (χ0n) is 13.3. The fourth-order valence-corrected chi connectivity index (χ4v) is 4.63. The van der Waals surface area contributed by atoms with Gasteiger partial charge in [0.25, 0.3) is 0 Å². The van der Waals surface area contributed by atoms with Crippen LogP contribution in [0.25, 0.3) is 0 Å². The van der Waals surface area contributed by atoms with E-state index in [1.54, 1.807) is 0 Å². The summed E-state index contributed by atoms with van der Waals surface area (Å²) in [5, 5.41) is 0. The first kappa shape index (κ1) is 15.1. The molecular formula is C19H20N2O3. The SMILES string of the molecule is NC(=O)C[C@@H](c1ccccc1)N1C(=O)[C@@H]2[C@H](C1=O)[C@H]1C=C[C@H]2CC1. The van der Waals surface area contributed by atoms with Gasteiger partial charge in [-0.25, -0.2) is 0 Å². The third-order valence-corrected chi connectivity index (χ3v) is 5.68. The van der Waals surface area contributed by atoms with Gasteiger partial charge in [0.05, 0.1) is 24.3 Å². The van der Waals surface area contributed by atoms with E-state index in [0.717, 1.165) is 18.4 Å². The predicted octanol–water partition coefficient (Wildman–Crippen LogP) is 1.80. The number of imide groups is 1. The number of likely N-dealkylation sites (tertiary alicyclic amines) is 1. The number of benzene rings is 1. The smallest absolute Gasteiger partial charge is 0.234 e. The first-order valence-electron chi connectivity index (χ1n) is 8.46. The number of rotatable bonds is 4. The van der Waals surface area contributed by atoms with Crippen LogP contribution in [0.3, 0.4) is 0 Å². The van der Waals surface area contributed by atoms with E-state index in [1.807, 2.05) is 30.3 Å². The fraction of sp³-hybridized carbons (Fsp3) is 0.421. The van der Waals surface area contributed by atoms with Crippen molar-refractivity contribution in [3.63, 3.8) is 0 Å². The van der Waals surface area contributed by atoms with Crippen molar-refractivity contribution in [2.75, 3.05) is 0 Å². The molecule has 24 heavy (non-hydrogen) atoms. The maximum atomic E-state index is 13.1. The molecule has 124 valence electrons. The van der Waals surface area contributed by atoms with Gasteiger partial charge in [-0.15, -0.1) is 0 Å². The van der Waals surface area contributed by atoms with Crippen LogP contribution in [0.2, 0.25) is 0 Å². The van der Waals surface area contributed by atoms with Gasteiger partial charge in [0.15, 0.2) is 0 Å². The molecule has 3 amide bonds. The standard InChI is InChI=1S/C19H20N2O3/c20-15(22)10-14(11-4-2-1-3-5-11)21-18(23)16-12-6-7-13(9-8-12)17(16)19(21)24/h1-7,12-14,16-17H,8-10H2,(H2,20,22)/t12-,13-,14-,16-,17+/m0/s1. The minimum Gasteiger partial charge on any atom is -0.370 e. The Morgan fingerprint density at radius 3 is 2.04 bits per heavy atom. The highest BCUT2D eigenvalue weighted by Crippen LogP contribution is 2.51. The lowest BCUT2D eigenvalue weighted by Gasteiger charge is -2.38. The average Bonchev–Trinajstić information content (AvgIpc) is 2.88. The molecule has 0 radical (unpaired) electrons. The molecule has 2 bridgehead atoms. The zero-order valence-corrected chi connectivity index (χ0v) is 13.3. The maximum Gasteiger partial charge on any atom is 0.234 e. The van der Waals surface area contributed by atoms with E-state index < -0.39 is 11.9 Å². The molecule has 1 saturated heterocycles. The summed E-state index contributed by atoms with van der Waals surface area (Å²) in [5.41, 5.74) is 6.18. The van der Waals surface area contributed by atoms with E-state index >= 15 is 0 Å². The Balaban J connectivity index is 1.73. The number of nitrogens with two attached hydrogens (primary N) is 1. The highest BCUT2D eigenvalue weighted by atomic mass is 16.2. The Morgan fingerprint density at radius 1 is 1.04 bits per heavy atom. The number of hydrogen-bond donors (Lipinski definition) is 1. The van der Waals surface area contributed by atoms with Crippen LogP contribution in [0.5, 0.6) is 0 Å². The second-order valence-corrected chi connectivity index (χ2v) is 6.98. The molecule has 1 heterocycles. The lowest BCUT2D eigenvalue weighted by molar-refractivity contribution is -0.143. The summed E-state index contributed by atoms with van der Waals surface area (Å²) in [6, 6.07) is 8.61. The fourth-order valence-electron chi connectivity index (χ4n) is 4.63. The van der Waals surface area contributed by atoms with Crippen molar-refractivity contribution >= 4 is 17.7 Å². The monoisotopic (exact) mass is 324 g/mol. The van der Waals surface area contributed by atoms with Crippen molar-refractivity contribution in [3.05, 3.63) is 48.0 Å². The summed E-state index contributed by atoms with van der Waals surface area (Å²) < 4.78 is 0. The molecule has 0 spiro atoms. The number of allylic oxidation sites excluding steroid dienone is 2. The Bertz CT molecular complexity index is 695. The van der Waals surface area contributed by atoms with E-state index in [2.05, 4.69) is 12.2 Å². The summed E-state index contributed by atoms with van der Waals surface area (Å²) >= 11 is 0. The molecule has 2 N–H and O–H groups in total. The highest BCUT2D eigenvalue weighted by Gasteiger charge is 2.58. The number of hydrogen-bond acceptors (Lipinski definition) is 3. The maximum absolute atomic E-state index is 13.1. The van der Waals surface area contributed by atoms with Gasteiger partial charge >= 0.3 is 0 Å². The quantitative estimate of drug-likeness (QED) is 0.677. The molecule has 1 aliphatic heterocycles.